The van der Waals surface area contributed by atoms with Gasteiger partial charge in [-0.25, -0.2) is 4.52 Å². The van der Waals surface area contributed by atoms with Crippen molar-refractivity contribution in [2.24, 2.45) is 5.92 Å². The van der Waals surface area contributed by atoms with Crippen molar-refractivity contribution in [1.82, 2.24) is 25.2 Å². The average molecular weight is 486 g/mol. The molecule has 2 aliphatic carbocycles. The summed E-state index contributed by atoms with van der Waals surface area (Å²) in [6.07, 6.45) is 8.58. The summed E-state index contributed by atoms with van der Waals surface area (Å²) in [5, 5.41) is 23.2. The molecule has 0 radical (unpaired) electrons. The van der Waals surface area contributed by atoms with Crippen molar-refractivity contribution in [3.05, 3.63) is 47.8 Å². The molecule has 9 nitrogen and oxygen atoms in total. The summed E-state index contributed by atoms with van der Waals surface area (Å²) in [6.45, 7) is 4.05. The maximum atomic E-state index is 13.2. The number of fused-ring (bicyclic) bond motifs is 1. The van der Waals surface area contributed by atoms with Gasteiger partial charge in [0, 0.05) is 30.2 Å². The molecule has 3 heterocycles. The van der Waals surface area contributed by atoms with Gasteiger partial charge in [-0.3, -0.25) is 14.6 Å². The largest absolute Gasteiger partial charge is 0.382 e. The zero-order valence-corrected chi connectivity index (χ0v) is 20.6. The summed E-state index contributed by atoms with van der Waals surface area (Å²) in [5.41, 5.74) is 3.96. The maximum absolute atomic E-state index is 13.2. The number of amides is 2. The summed E-state index contributed by atoms with van der Waals surface area (Å²) >= 11 is 0. The summed E-state index contributed by atoms with van der Waals surface area (Å²) < 4.78 is 1.74. The van der Waals surface area contributed by atoms with Gasteiger partial charge in [-0.2, -0.15) is 10.4 Å². The highest BCUT2D eigenvalue weighted by atomic mass is 16.2. The number of pyridine rings is 1. The topological polar surface area (TPSA) is 124 Å². The van der Waals surface area contributed by atoms with E-state index in [-0.39, 0.29) is 35.9 Å². The van der Waals surface area contributed by atoms with Crippen LogP contribution in [0.25, 0.3) is 16.9 Å². The van der Waals surface area contributed by atoms with Crippen molar-refractivity contribution in [3.8, 4) is 17.5 Å². The zero-order chi connectivity index (χ0) is 25.2. The molecular weight excluding hydrogens is 454 g/mol. The van der Waals surface area contributed by atoms with Crippen LogP contribution in [0.15, 0.2) is 36.7 Å². The molecule has 0 bridgehead atoms. The van der Waals surface area contributed by atoms with Gasteiger partial charge < -0.3 is 16.0 Å². The highest BCUT2D eigenvalue weighted by molar-refractivity contribution is 6.00. The number of nitriles is 1. The molecule has 2 aliphatic rings. The van der Waals surface area contributed by atoms with E-state index in [1.165, 1.54) is 6.20 Å². The third kappa shape index (κ3) is 5.18. The Morgan fingerprint density at radius 1 is 1.03 bits per heavy atom. The maximum Gasteiger partial charge on any atom is 0.255 e. The van der Waals surface area contributed by atoms with Gasteiger partial charge in [0.1, 0.15) is 6.07 Å². The van der Waals surface area contributed by atoms with E-state index in [1.54, 1.807) is 16.8 Å². The number of hydrogen-bond acceptors (Lipinski definition) is 6. The molecule has 0 aromatic carbocycles. The fourth-order valence-corrected chi connectivity index (χ4v) is 4.77. The molecule has 9 heteroatoms. The lowest BCUT2D eigenvalue weighted by Crippen LogP contribution is -2.44. The van der Waals surface area contributed by atoms with Crippen LogP contribution in [0.5, 0.6) is 0 Å². The SMILES string of the molecule is CC(C)Nc1cc(-c2ccc3cc(C#N)cnn23)ncc1C(=O)NC1CCC(NC(=O)C2CC2)CC1. The standard InChI is InChI=1S/C27H31N7O2/c1-16(2)31-23-12-24(25-10-9-21-11-17(13-28)14-30-34(21)25)29-15-22(23)27(36)33-20-7-5-19(6-8-20)32-26(35)18-3-4-18/h9-12,14-16,18-20H,3-8H2,1-2H3,(H,29,31)(H,32,35)(H,33,36). The van der Waals surface area contributed by atoms with Crippen LogP contribution in [0.3, 0.4) is 0 Å². The van der Waals surface area contributed by atoms with Gasteiger partial charge in [0.15, 0.2) is 0 Å². The first-order chi connectivity index (χ1) is 17.4. The van der Waals surface area contributed by atoms with Gasteiger partial charge in [0.25, 0.3) is 5.91 Å². The molecule has 186 valence electrons. The van der Waals surface area contributed by atoms with Crippen molar-refractivity contribution >= 4 is 23.0 Å². The van der Waals surface area contributed by atoms with Crippen molar-refractivity contribution < 1.29 is 9.59 Å². The Morgan fingerprint density at radius 2 is 1.75 bits per heavy atom. The number of rotatable bonds is 7. The van der Waals surface area contributed by atoms with E-state index < -0.39 is 0 Å². The average Bonchev–Trinajstić information content (AvgIpc) is 3.64. The first-order valence-corrected chi connectivity index (χ1v) is 12.7. The molecular formula is C27H31N7O2. The van der Waals surface area contributed by atoms with Gasteiger partial charge in [0.2, 0.25) is 5.91 Å². The first-order valence-electron chi connectivity index (χ1n) is 12.7. The zero-order valence-electron chi connectivity index (χ0n) is 20.6. The second kappa shape index (κ2) is 9.97. The van der Waals surface area contributed by atoms with Gasteiger partial charge in [0.05, 0.1) is 39.9 Å². The Bertz CT molecular complexity index is 1330. The van der Waals surface area contributed by atoms with Crippen LogP contribution < -0.4 is 16.0 Å². The number of nitrogens with one attached hydrogen (secondary N) is 3. The minimum Gasteiger partial charge on any atom is -0.382 e. The lowest BCUT2D eigenvalue weighted by atomic mass is 9.90. The number of anilines is 1. The van der Waals surface area contributed by atoms with Crippen LogP contribution in [0.1, 0.15) is 68.3 Å². The molecule has 2 amide bonds. The van der Waals surface area contributed by atoms with E-state index in [0.29, 0.717) is 22.5 Å². The van der Waals surface area contributed by atoms with E-state index in [0.717, 1.165) is 49.7 Å². The predicted molar refractivity (Wildman–Crippen MR) is 136 cm³/mol. The number of carbonyl (C=O) groups excluding carboxylic acids is 2. The van der Waals surface area contributed by atoms with Crippen LogP contribution in [0.4, 0.5) is 5.69 Å². The second-order valence-electron chi connectivity index (χ2n) is 10.1. The van der Waals surface area contributed by atoms with E-state index in [2.05, 4.69) is 32.1 Å². The summed E-state index contributed by atoms with van der Waals surface area (Å²) in [6, 6.07) is 9.96. The fraction of sp³-hybridized carbons (Fsp3) is 0.444. The molecule has 0 saturated heterocycles. The van der Waals surface area contributed by atoms with Gasteiger partial charge in [-0.05, 0) is 76.6 Å². The van der Waals surface area contributed by atoms with Crippen LogP contribution in [-0.4, -0.2) is 44.5 Å². The van der Waals surface area contributed by atoms with Crippen LogP contribution in [0.2, 0.25) is 0 Å². The van der Waals surface area contributed by atoms with Crippen molar-refractivity contribution in [2.45, 2.75) is 70.5 Å². The number of carbonyl (C=O) groups is 2. The number of hydrogen-bond donors (Lipinski definition) is 3. The van der Waals surface area contributed by atoms with Gasteiger partial charge in [-0.1, -0.05) is 0 Å². The molecule has 0 atom stereocenters. The quantitative estimate of drug-likeness (QED) is 0.469. The Hall–Kier alpha value is -3.93. The van der Waals surface area contributed by atoms with Crippen LogP contribution >= 0.6 is 0 Å². The third-order valence-electron chi connectivity index (χ3n) is 6.84. The molecule has 3 aromatic heterocycles. The summed E-state index contributed by atoms with van der Waals surface area (Å²) in [4.78, 5) is 29.9. The predicted octanol–water partition coefficient (Wildman–Crippen LogP) is 3.66. The Morgan fingerprint density at radius 3 is 2.42 bits per heavy atom. The molecule has 3 aromatic rings. The minimum absolute atomic E-state index is 0.0752. The molecule has 0 aliphatic heterocycles. The van der Waals surface area contributed by atoms with Crippen LogP contribution in [-0.2, 0) is 4.79 Å². The smallest absolute Gasteiger partial charge is 0.255 e. The number of nitrogens with zero attached hydrogens (tertiary/aromatic N) is 4. The lowest BCUT2D eigenvalue weighted by Gasteiger charge is -2.30. The van der Waals surface area contributed by atoms with Crippen LogP contribution in [0, 0.1) is 17.2 Å². The number of aromatic nitrogens is 3. The van der Waals surface area contributed by atoms with Gasteiger partial charge >= 0.3 is 0 Å². The second-order valence-corrected chi connectivity index (χ2v) is 10.1. The molecule has 3 N–H and O–H groups in total. The summed E-state index contributed by atoms with van der Waals surface area (Å²) in [7, 11) is 0. The Kier molecular flexibility index (Phi) is 6.59. The highest BCUT2D eigenvalue weighted by Gasteiger charge is 2.32. The highest BCUT2D eigenvalue weighted by Crippen LogP contribution is 2.30. The Labute approximate surface area is 210 Å². The monoisotopic (exact) mass is 485 g/mol. The van der Waals surface area contributed by atoms with E-state index in [9.17, 15) is 9.59 Å². The third-order valence-corrected chi connectivity index (χ3v) is 6.84. The molecule has 0 spiro atoms. The lowest BCUT2D eigenvalue weighted by molar-refractivity contribution is -0.123. The van der Waals surface area contributed by atoms with Gasteiger partial charge in [-0.15, -0.1) is 0 Å². The van der Waals surface area contributed by atoms with E-state index >= 15 is 0 Å². The fourth-order valence-electron chi connectivity index (χ4n) is 4.77. The molecule has 36 heavy (non-hydrogen) atoms. The summed E-state index contributed by atoms with van der Waals surface area (Å²) in [5.74, 6) is 0.259. The molecule has 2 fully saturated rings. The van der Waals surface area contributed by atoms with E-state index in [1.807, 2.05) is 32.0 Å². The first kappa shape index (κ1) is 23.8. The Balaban J connectivity index is 1.30. The van der Waals surface area contributed by atoms with Crippen molar-refractivity contribution in [3.63, 3.8) is 0 Å². The molecule has 5 rings (SSSR count). The van der Waals surface area contributed by atoms with E-state index in [4.69, 9.17) is 5.26 Å². The molecule has 0 unspecified atom stereocenters. The minimum atomic E-state index is -0.153. The van der Waals surface area contributed by atoms with Crippen molar-refractivity contribution in [2.75, 3.05) is 5.32 Å². The molecule has 2 saturated carbocycles. The normalized spacial score (nSPS) is 19.6. The van der Waals surface area contributed by atoms with Crippen molar-refractivity contribution in [1.29, 1.82) is 5.26 Å².